The average Bonchev–Trinajstić information content (AvgIpc) is 2.65. The van der Waals surface area contributed by atoms with Crippen molar-refractivity contribution in [3.63, 3.8) is 0 Å². The number of aromatic amines is 1. The Morgan fingerprint density at radius 1 is 1.38 bits per heavy atom. The Kier molecular flexibility index (Phi) is 2.55. The molecular weight excluding hydrogens is 212 g/mol. The van der Waals surface area contributed by atoms with Crippen molar-refractivity contribution in [1.82, 2.24) is 5.27 Å². The van der Waals surface area contributed by atoms with E-state index in [0.717, 1.165) is 5.56 Å². The SMILES string of the molecule is O=C(O)c1ccc(C[n+]2cc(=O)o[nH]2)cc1. The summed E-state index contributed by atoms with van der Waals surface area (Å²) in [6, 6.07) is 6.39. The van der Waals surface area contributed by atoms with Gasteiger partial charge < -0.3 is 5.11 Å². The van der Waals surface area contributed by atoms with Crippen LogP contribution in [0.3, 0.4) is 0 Å². The molecule has 82 valence electrons. The Morgan fingerprint density at radius 3 is 2.56 bits per heavy atom. The summed E-state index contributed by atoms with van der Waals surface area (Å²) in [6.07, 6.45) is 1.28. The van der Waals surface area contributed by atoms with Crippen molar-refractivity contribution in [3.05, 3.63) is 52.0 Å². The van der Waals surface area contributed by atoms with Crippen molar-refractivity contribution in [3.8, 4) is 0 Å². The molecule has 0 atom stereocenters. The predicted octanol–water partition coefficient (Wildman–Crippen LogP) is 0.00190. The number of carbonyl (C=O) groups is 1. The van der Waals surface area contributed by atoms with Crippen LogP contribution in [0, 0.1) is 0 Å². The molecule has 0 fully saturated rings. The van der Waals surface area contributed by atoms with Gasteiger partial charge in [0, 0.05) is 5.56 Å². The van der Waals surface area contributed by atoms with Crippen LogP contribution in [0.1, 0.15) is 15.9 Å². The molecule has 0 amide bonds. The first-order valence-corrected chi connectivity index (χ1v) is 4.55. The molecule has 0 aliphatic rings. The highest BCUT2D eigenvalue weighted by Gasteiger charge is 2.08. The number of H-pyrrole nitrogens is 1. The molecule has 0 unspecified atom stereocenters. The van der Waals surface area contributed by atoms with Gasteiger partial charge in [-0.1, -0.05) is 16.8 Å². The van der Waals surface area contributed by atoms with Crippen LogP contribution in [-0.2, 0) is 6.54 Å². The predicted molar refractivity (Wildman–Crippen MR) is 52.0 cm³/mol. The van der Waals surface area contributed by atoms with E-state index in [0.29, 0.717) is 6.54 Å². The molecule has 1 aromatic carbocycles. The highest BCUT2D eigenvalue weighted by molar-refractivity contribution is 5.87. The van der Waals surface area contributed by atoms with E-state index in [1.54, 1.807) is 12.1 Å². The summed E-state index contributed by atoms with van der Waals surface area (Å²) in [4.78, 5) is 21.3. The molecule has 2 N–H and O–H groups in total. The fourth-order valence-corrected chi connectivity index (χ4v) is 1.31. The second kappa shape index (κ2) is 4.01. The number of hydrogen-bond donors (Lipinski definition) is 2. The number of rotatable bonds is 3. The molecule has 6 nitrogen and oxygen atoms in total. The summed E-state index contributed by atoms with van der Waals surface area (Å²) in [5.74, 6) is -0.962. The van der Waals surface area contributed by atoms with Gasteiger partial charge >= 0.3 is 11.6 Å². The minimum atomic E-state index is -0.962. The third-order valence-electron chi connectivity index (χ3n) is 2.08. The molecule has 6 heteroatoms. The lowest BCUT2D eigenvalue weighted by Gasteiger charge is -1.95. The number of nitrogens with zero attached hydrogens (tertiary/aromatic N) is 1. The van der Waals surface area contributed by atoms with Gasteiger partial charge in [0.05, 0.1) is 5.56 Å². The van der Waals surface area contributed by atoms with E-state index >= 15 is 0 Å². The van der Waals surface area contributed by atoms with Crippen molar-refractivity contribution in [2.75, 3.05) is 0 Å². The number of aromatic carboxylic acids is 1. The van der Waals surface area contributed by atoms with Crippen LogP contribution in [-0.4, -0.2) is 16.3 Å². The molecule has 0 aliphatic heterocycles. The minimum absolute atomic E-state index is 0.231. The second-order valence-electron chi connectivity index (χ2n) is 3.27. The quantitative estimate of drug-likeness (QED) is 0.714. The first kappa shape index (κ1) is 10.2. The van der Waals surface area contributed by atoms with E-state index in [1.165, 1.54) is 23.0 Å². The van der Waals surface area contributed by atoms with Crippen molar-refractivity contribution >= 4 is 5.97 Å². The largest absolute Gasteiger partial charge is 0.478 e. The van der Waals surface area contributed by atoms with Crippen molar-refractivity contribution in [2.24, 2.45) is 0 Å². The van der Waals surface area contributed by atoms with E-state index in [1.807, 2.05) is 0 Å². The molecule has 0 bridgehead atoms. The summed E-state index contributed by atoms with van der Waals surface area (Å²) in [5.41, 5.74) is 0.642. The third kappa shape index (κ3) is 2.17. The van der Waals surface area contributed by atoms with Crippen LogP contribution in [0.15, 0.2) is 39.8 Å². The number of carboxylic acids is 1. The first-order chi connectivity index (χ1) is 7.65. The maximum Gasteiger partial charge on any atom is 0.426 e. The van der Waals surface area contributed by atoms with E-state index in [4.69, 9.17) is 5.11 Å². The summed E-state index contributed by atoms with van der Waals surface area (Å²) in [6.45, 7) is 0.422. The molecular formula is C10H9N2O4+. The standard InChI is InChI=1S/C10H8N2O4/c13-9-6-12(11-16-9)5-7-1-3-8(4-2-7)10(14)15/h1-4,6H,5H2,(H-,11,13,14,15)/p+1. The van der Waals surface area contributed by atoms with E-state index < -0.39 is 11.6 Å². The second-order valence-corrected chi connectivity index (χ2v) is 3.27. The van der Waals surface area contributed by atoms with Crippen molar-refractivity contribution in [2.45, 2.75) is 6.54 Å². The Hall–Kier alpha value is -2.37. The van der Waals surface area contributed by atoms with Gasteiger partial charge in [-0.15, -0.1) is 0 Å². The Morgan fingerprint density at radius 2 is 2.06 bits per heavy atom. The van der Waals surface area contributed by atoms with Crippen molar-refractivity contribution in [1.29, 1.82) is 0 Å². The zero-order valence-electron chi connectivity index (χ0n) is 8.21. The lowest BCUT2D eigenvalue weighted by Crippen LogP contribution is -2.35. The molecule has 0 radical (unpaired) electrons. The summed E-state index contributed by atoms with van der Waals surface area (Å²) >= 11 is 0. The van der Waals surface area contributed by atoms with Gasteiger partial charge in [0.15, 0.2) is 0 Å². The highest BCUT2D eigenvalue weighted by Crippen LogP contribution is 2.03. The Labute approximate surface area is 89.7 Å². The molecule has 2 rings (SSSR count). The van der Waals surface area contributed by atoms with Gasteiger partial charge in [-0.25, -0.2) is 9.59 Å². The minimum Gasteiger partial charge on any atom is -0.478 e. The van der Waals surface area contributed by atoms with Gasteiger partial charge in [0.1, 0.15) is 0 Å². The van der Waals surface area contributed by atoms with Gasteiger partial charge in [-0.2, -0.15) is 0 Å². The van der Waals surface area contributed by atoms with Crippen LogP contribution in [0.4, 0.5) is 0 Å². The summed E-state index contributed by atoms with van der Waals surface area (Å²) in [7, 11) is 0. The molecule has 2 aromatic rings. The third-order valence-corrected chi connectivity index (χ3v) is 2.08. The van der Waals surface area contributed by atoms with Gasteiger partial charge in [0.25, 0.3) is 6.20 Å². The zero-order valence-corrected chi connectivity index (χ0v) is 8.21. The molecule has 1 heterocycles. The molecule has 0 saturated heterocycles. The number of aromatic nitrogens is 2. The van der Waals surface area contributed by atoms with E-state index in [-0.39, 0.29) is 5.56 Å². The normalized spacial score (nSPS) is 10.2. The number of carboxylic acid groups (broad SMARTS) is 1. The number of benzene rings is 1. The van der Waals surface area contributed by atoms with E-state index in [2.05, 4.69) is 9.79 Å². The molecule has 0 saturated carbocycles. The highest BCUT2D eigenvalue weighted by atomic mass is 16.5. The first-order valence-electron chi connectivity index (χ1n) is 4.55. The Bertz CT molecular complexity index is 553. The monoisotopic (exact) mass is 221 g/mol. The Balaban J connectivity index is 2.17. The van der Waals surface area contributed by atoms with Crippen LogP contribution in [0.25, 0.3) is 0 Å². The fourth-order valence-electron chi connectivity index (χ4n) is 1.31. The molecule has 0 spiro atoms. The fraction of sp³-hybridized carbons (Fsp3) is 0.100. The van der Waals surface area contributed by atoms with Gasteiger partial charge in [-0.05, 0) is 17.4 Å². The molecule has 0 aliphatic carbocycles. The maximum atomic E-state index is 10.7. The van der Waals surface area contributed by atoms with Crippen LogP contribution < -0.4 is 10.3 Å². The average molecular weight is 221 g/mol. The summed E-state index contributed by atoms with van der Waals surface area (Å²) in [5, 5.41) is 11.1. The number of nitrogens with one attached hydrogen (secondary N) is 1. The maximum absolute atomic E-state index is 10.7. The topological polar surface area (TPSA) is 87.2 Å². The molecule has 1 aromatic heterocycles. The number of hydrogen-bond acceptors (Lipinski definition) is 3. The van der Waals surface area contributed by atoms with E-state index in [9.17, 15) is 9.59 Å². The molecule has 16 heavy (non-hydrogen) atoms. The van der Waals surface area contributed by atoms with Crippen molar-refractivity contribution < 1.29 is 19.1 Å². The lowest BCUT2D eigenvalue weighted by molar-refractivity contribution is -0.754. The zero-order chi connectivity index (χ0) is 11.5. The van der Waals surface area contributed by atoms with Gasteiger partial charge in [0.2, 0.25) is 6.54 Å². The van der Waals surface area contributed by atoms with Crippen LogP contribution in [0.5, 0.6) is 0 Å². The van der Waals surface area contributed by atoms with Crippen LogP contribution in [0.2, 0.25) is 0 Å². The summed E-state index contributed by atoms with van der Waals surface area (Å²) < 4.78 is 5.96. The smallest absolute Gasteiger partial charge is 0.426 e. The van der Waals surface area contributed by atoms with Gasteiger partial charge in [-0.3, -0.25) is 4.52 Å². The lowest BCUT2D eigenvalue weighted by atomic mass is 10.1. The van der Waals surface area contributed by atoms with Crippen LogP contribution >= 0.6 is 0 Å².